The number of carbonyl (C=O) groups is 1. The number of hydrogen-bond donors (Lipinski definition) is 2. The highest BCUT2D eigenvalue weighted by molar-refractivity contribution is 7.92. The van der Waals surface area contributed by atoms with E-state index in [1.807, 2.05) is 6.07 Å². The zero-order valence-corrected chi connectivity index (χ0v) is 23.6. The van der Waals surface area contributed by atoms with Gasteiger partial charge in [-0.25, -0.2) is 21.8 Å². The van der Waals surface area contributed by atoms with Gasteiger partial charge in [0, 0.05) is 24.3 Å². The molecular weight excluding hydrogens is 574 g/mol. The van der Waals surface area contributed by atoms with Gasteiger partial charge in [-0.3, -0.25) is 14.5 Å². The van der Waals surface area contributed by atoms with E-state index in [2.05, 4.69) is 20.0 Å². The van der Waals surface area contributed by atoms with Gasteiger partial charge in [0.15, 0.2) is 5.82 Å². The Morgan fingerprint density at radius 2 is 1.52 bits per heavy atom. The van der Waals surface area contributed by atoms with Crippen LogP contribution < -0.4 is 10.0 Å². The molecule has 40 heavy (non-hydrogen) atoms. The Labute approximate surface area is 237 Å². The van der Waals surface area contributed by atoms with Crippen LogP contribution in [0.4, 0.5) is 11.5 Å². The topological polar surface area (TPSA) is 138 Å². The van der Waals surface area contributed by atoms with Crippen LogP contribution in [0.5, 0.6) is 0 Å². The number of nitrogens with zero attached hydrogens (tertiary/aromatic N) is 3. The van der Waals surface area contributed by atoms with E-state index in [0.717, 1.165) is 25.7 Å². The van der Waals surface area contributed by atoms with Gasteiger partial charge < -0.3 is 5.32 Å². The van der Waals surface area contributed by atoms with E-state index in [0.29, 0.717) is 29.8 Å². The zero-order valence-electron chi connectivity index (χ0n) is 21.2. The summed E-state index contributed by atoms with van der Waals surface area (Å²) in [5, 5.41) is 2.71. The van der Waals surface area contributed by atoms with Crippen LogP contribution in [0.15, 0.2) is 82.7 Å². The first kappa shape index (κ1) is 28.0. The van der Waals surface area contributed by atoms with Crippen molar-refractivity contribution in [2.24, 2.45) is 0 Å². The minimum atomic E-state index is -3.97. The van der Waals surface area contributed by atoms with E-state index in [9.17, 15) is 21.6 Å². The van der Waals surface area contributed by atoms with Crippen molar-refractivity contribution in [3.05, 3.63) is 83.5 Å². The smallest absolute Gasteiger partial charge is 0.263 e. The van der Waals surface area contributed by atoms with Gasteiger partial charge in [-0.05, 0) is 67.4 Å². The standard InChI is InChI=1S/C27H26ClN5O5S2/c28-22-14-9-19(17-25(22)40(37,38)33-15-5-1-2-6-16-33)27(34)30-20-10-12-21(13-11-20)39(35,36)32-26-18-29-23-7-3-4-8-24(23)31-26/h3-4,7-14,17-18H,1-2,5-6,15-16H2,(H,30,34)(H,31,32). The maximum absolute atomic E-state index is 13.3. The predicted octanol–water partition coefficient (Wildman–Crippen LogP) is 4.90. The molecule has 0 aliphatic carbocycles. The Morgan fingerprint density at radius 3 is 2.23 bits per heavy atom. The molecule has 208 valence electrons. The second-order valence-electron chi connectivity index (χ2n) is 9.29. The van der Waals surface area contributed by atoms with Gasteiger partial charge >= 0.3 is 0 Å². The second kappa shape index (κ2) is 11.5. The molecule has 0 unspecified atom stereocenters. The second-order valence-corrected chi connectivity index (χ2v) is 13.3. The summed E-state index contributed by atoms with van der Waals surface area (Å²) in [7, 11) is -7.84. The molecule has 0 radical (unpaired) electrons. The number of aromatic nitrogens is 2. The van der Waals surface area contributed by atoms with Crippen molar-refractivity contribution >= 4 is 60.1 Å². The number of carbonyl (C=O) groups excluding carboxylic acids is 1. The molecule has 5 rings (SSSR count). The maximum Gasteiger partial charge on any atom is 0.263 e. The van der Waals surface area contributed by atoms with Gasteiger partial charge in [0.1, 0.15) is 4.90 Å². The fourth-order valence-electron chi connectivity index (χ4n) is 4.39. The molecule has 1 amide bonds. The Kier molecular flexibility index (Phi) is 8.04. The van der Waals surface area contributed by atoms with E-state index >= 15 is 0 Å². The van der Waals surface area contributed by atoms with Crippen molar-refractivity contribution < 1.29 is 21.6 Å². The SMILES string of the molecule is O=C(Nc1ccc(S(=O)(=O)Nc2cnc3ccccc3n2)cc1)c1ccc(Cl)c(S(=O)(=O)N2CCCCCC2)c1. The first-order valence-corrected chi connectivity index (χ1v) is 15.9. The Bertz CT molecular complexity index is 1770. The van der Waals surface area contributed by atoms with Crippen LogP contribution in [0.2, 0.25) is 5.02 Å². The highest BCUT2D eigenvalue weighted by atomic mass is 35.5. The number of halogens is 1. The van der Waals surface area contributed by atoms with Crippen LogP contribution in [0, 0.1) is 0 Å². The third-order valence-electron chi connectivity index (χ3n) is 6.49. The van der Waals surface area contributed by atoms with Crippen molar-refractivity contribution in [2.75, 3.05) is 23.1 Å². The number of nitrogens with one attached hydrogen (secondary N) is 2. The lowest BCUT2D eigenvalue weighted by Gasteiger charge is -2.21. The van der Waals surface area contributed by atoms with Gasteiger partial charge in [-0.1, -0.05) is 36.6 Å². The minimum Gasteiger partial charge on any atom is -0.322 e. The van der Waals surface area contributed by atoms with E-state index in [4.69, 9.17) is 11.6 Å². The van der Waals surface area contributed by atoms with Crippen LogP contribution in [-0.2, 0) is 20.0 Å². The average molecular weight is 600 g/mol. The van der Waals surface area contributed by atoms with Crippen molar-refractivity contribution in [3.63, 3.8) is 0 Å². The average Bonchev–Trinajstić information content (AvgIpc) is 3.24. The molecular formula is C27H26ClN5O5S2. The molecule has 0 saturated carbocycles. The fraction of sp³-hybridized carbons (Fsp3) is 0.222. The minimum absolute atomic E-state index is 0.0407. The summed E-state index contributed by atoms with van der Waals surface area (Å²) < 4.78 is 56.1. The van der Waals surface area contributed by atoms with E-state index in [1.54, 1.807) is 18.2 Å². The fourth-order valence-corrected chi connectivity index (χ4v) is 7.39. The van der Waals surface area contributed by atoms with Crippen LogP contribution in [-0.4, -0.2) is 50.1 Å². The van der Waals surface area contributed by atoms with Crippen LogP contribution in [0.1, 0.15) is 36.0 Å². The largest absolute Gasteiger partial charge is 0.322 e. The summed E-state index contributed by atoms with van der Waals surface area (Å²) in [6.07, 6.45) is 4.81. The molecule has 1 aliphatic heterocycles. The third kappa shape index (κ3) is 6.09. The highest BCUT2D eigenvalue weighted by Gasteiger charge is 2.28. The number of sulfonamides is 2. The number of rotatable bonds is 7. The number of anilines is 2. The monoisotopic (exact) mass is 599 g/mol. The van der Waals surface area contributed by atoms with Crippen molar-refractivity contribution in [2.45, 2.75) is 35.5 Å². The van der Waals surface area contributed by atoms with E-state index < -0.39 is 26.0 Å². The molecule has 1 aliphatic rings. The van der Waals surface area contributed by atoms with Gasteiger partial charge in [0.25, 0.3) is 15.9 Å². The zero-order chi connectivity index (χ0) is 28.3. The Balaban J connectivity index is 1.30. The molecule has 0 spiro atoms. The molecule has 1 aromatic heterocycles. The lowest BCUT2D eigenvalue weighted by atomic mass is 10.2. The van der Waals surface area contributed by atoms with Crippen LogP contribution in [0.3, 0.4) is 0 Å². The van der Waals surface area contributed by atoms with Gasteiger partial charge in [0.2, 0.25) is 10.0 Å². The summed E-state index contributed by atoms with van der Waals surface area (Å²) in [5.41, 5.74) is 1.61. The summed E-state index contributed by atoms with van der Waals surface area (Å²) in [6.45, 7) is 0.819. The van der Waals surface area contributed by atoms with Crippen LogP contribution >= 0.6 is 11.6 Å². The summed E-state index contributed by atoms with van der Waals surface area (Å²) >= 11 is 6.24. The van der Waals surface area contributed by atoms with Gasteiger partial charge in [0.05, 0.1) is 27.1 Å². The summed E-state index contributed by atoms with van der Waals surface area (Å²) in [4.78, 5) is 21.3. The highest BCUT2D eigenvalue weighted by Crippen LogP contribution is 2.28. The van der Waals surface area contributed by atoms with E-state index in [1.165, 1.54) is 53.0 Å². The molecule has 1 fully saturated rings. The lowest BCUT2D eigenvalue weighted by molar-refractivity contribution is 0.102. The van der Waals surface area contributed by atoms with Crippen molar-refractivity contribution in [1.82, 2.24) is 14.3 Å². The number of amides is 1. The van der Waals surface area contributed by atoms with Crippen molar-refractivity contribution in [3.8, 4) is 0 Å². The molecule has 3 aromatic carbocycles. The number of para-hydroxylation sites is 2. The number of fused-ring (bicyclic) bond motifs is 1. The van der Waals surface area contributed by atoms with Crippen LogP contribution in [0.25, 0.3) is 11.0 Å². The molecule has 1 saturated heterocycles. The quantitative estimate of drug-likeness (QED) is 0.308. The van der Waals surface area contributed by atoms with E-state index in [-0.39, 0.29) is 26.2 Å². The number of benzene rings is 3. The predicted molar refractivity (Wildman–Crippen MR) is 153 cm³/mol. The first-order chi connectivity index (χ1) is 19.1. The Morgan fingerprint density at radius 1 is 0.850 bits per heavy atom. The summed E-state index contributed by atoms with van der Waals surface area (Å²) in [6, 6.07) is 16.7. The molecule has 0 bridgehead atoms. The summed E-state index contributed by atoms with van der Waals surface area (Å²) in [5.74, 6) is -0.492. The molecule has 2 heterocycles. The molecule has 13 heteroatoms. The van der Waals surface area contributed by atoms with Gasteiger partial charge in [-0.2, -0.15) is 4.31 Å². The molecule has 0 atom stereocenters. The lowest BCUT2D eigenvalue weighted by Crippen LogP contribution is -2.32. The normalized spacial score (nSPS) is 14.9. The molecule has 10 nitrogen and oxygen atoms in total. The van der Waals surface area contributed by atoms with Crippen molar-refractivity contribution in [1.29, 1.82) is 0 Å². The van der Waals surface area contributed by atoms with Gasteiger partial charge in [-0.15, -0.1) is 0 Å². The molecule has 4 aromatic rings. The third-order valence-corrected chi connectivity index (χ3v) is 10.2. The first-order valence-electron chi connectivity index (χ1n) is 12.6. The number of hydrogen-bond acceptors (Lipinski definition) is 7. The maximum atomic E-state index is 13.3. The molecule has 2 N–H and O–H groups in total. The Hall–Kier alpha value is -3.58.